The van der Waals surface area contributed by atoms with Crippen molar-refractivity contribution in [3.8, 4) is 0 Å². The van der Waals surface area contributed by atoms with E-state index in [2.05, 4.69) is 43.0 Å². The van der Waals surface area contributed by atoms with Crippen molar-refractivity contribution in [2.45, 2.75) is 194 Å². The molecular formula is C34H68N2. The first-order chi connectivity index (χ1) is 17.8. The molecule has 214 valence electrons. The second-order valence-corrected chi connectivity index (χ2v) is 11.8. The second-order valence-electron chi connectivity index (χ2n) is 11.8. The van der Waals surface area contributed by atoms with Gasteiger partial charge in [-0.3, -0.25) is 0 Å². The number of unbranched alkanes of at least 4 members (excludes halogenated alkanes) is 22. The zero-order valence-electron chi connectivity index (χ0n) is 25.4. The molecule has 0 fully saturated rings. The fourth-order valence-corrected chi connectivity index (χ4v) is 5.83. The van der Waals surface area contributed by atoms with E-state index in [9.17, 15) is 0 Å². The highest BCUT2D eigenvalue weighted by Crippen LogP contribution is 2.24. The molecule has 0 aromatic rings. The Morgan fingerprint density at radius 3 is 1.00 bits per heavy atom. The predicted molar refractivity (Wildman–Crippen MR) is 163 cm³/mol. The van der Waals surface area contributed by atoms with Crippen molar-refractivity contribution in [2.24, 2.45) is 0 Å². The van der Waals surface area contributed by atoms with E-state index in [-0.39, 0.29) is 0 Å². The fraction of sp³-hybridized carbons (Fsp3) is 0.941. The maximum Gasteiger partial charge on any atom is 0.101 e. The summed E-state index contributed by atoms with van der Waals surface area (Å²) in [6, 6.07) is 0. The smallest absolute Gasteiger partial charge is 0.101 e. The minimum Gasteiger partial charge on any atom is -0.356 e. The first-order valence-corrected chi connectivity index (χ1v) is 17.0. The van der Waals surface area contributed by atoms with E-state index in [0.29, 0.717) is 6.17 Å². The Morgan fingerprint density at radius 1 is 0.361 bits per heavy atom. The third kappa shape index (κ3) is 18.6. The molecule has 0 saturated carbocycles. The summed E-state index contributed by atoms with van der Waals surface area (Å²) < 4.78 is 0. The lowest BCUT2D eigenvalue weighted by Gasteiger charge is -2.33. The molecular weight excluding hydrogens is 436 g/mol. The van der Waals surface area contributed by atoms with Gasteiger partial charge >= 0.3 is 0 Å². The summed E-state index contributed by atoms with van der Waals surface area (Å²) in [4.78, 5) is 5.36. The van der Waals surface area contributed by atoms with Gasteiger partial charge in [-0.05, 0) is 25.7 Å². The molecule has 0 aliphatic carbocycles. The van der Waals surface area contributed by atoms with Gasteiger partial charge in [0.15, 0.2) is 0 Å². The lowest BCUT2D eigenvalue weighted by molar-refractivity contribution is 0.135. The van der Waals surface area contributed by atoms with Crippen LogP contribution in [-0.2, 0) is 0 Å². The molecule has 0 N–H and O–H groups in total. The maximum atomic E-state index is 2.69. The number of hydrogen-bond acceptors (Lipinski definition) is 2. The van der Waals surface area contributed by atoms with Crippen molar-refractivity contribution < 1.29 is 0 Å². The summed E-state index contributed by atoms with van der Waals surface area (Å²) in [7, 11) is 0. The summed E-state index contributed by atoms with van der Waals surface area (Å²) in [5.74, 6) is 0. The van der Waals surface area contributed by atoms with Gasteiger partial charge in [0, 0.05) is 25.5 Å². The van der Waals surface area contributed by atoms with Crippen LogP contribution in [0.3, 0.4) is 0 Å². The highest BCUT2D eigenvalue weighted by atomic mass is 15.4. The van der Waals surface area contributed by atoms with Crippen molar-refractivity contribution in [3.63, 3.8) is 0 Å². The number of hydrogen-bond donors (Lipinski definition) is 0. The SMILES string of the molecule is CCCCCCCCCCCCCCCCCN1C=CN(CCCCCC)C1CCCCCCCC. The van der Waals surface area contributed by atoms with Crippen LogP contribution in [-0.4, -0.2) is 29.1 Å². The Bertz CT molecular complexity index is 460. The Balaban J connectivity index is 2.09. The molecule has 0 amide bonds. The first kappa shape index (κ1) is 33.4. The van der Waals surface area contributed by atoms with Crippen molar-refractivity contribution in [2.75, 3.05) is 13.1 Å². The highest BCUT2D eigenvalue weighted by molar-refractivity contribution is 4.97. The summed E-state index contributed by atoms with van der Waals surface area (Å²) in [5.41, 5.74) is 0. The Kier molecular flexibility index (Phi) is 24.1. The molecule has 0 aromatic heterocycles. The maximum absolute atomic E-state index is 2.69. The van der Waals surface area contributed by atoms with Crippen LogP contribution in [0.1, 0.15) is 188 Å². The molecule has 1 rings (SSSR count). The minimum atomic E-state index is 0.643. The molecule has 0 radical (unpaired) electrons. The average Bonchev–Trinajstić information content (AvgIpc) is 3.27. The lowest BCUT2D eigenvalue weighted by atomic mass is 10.0. The van der Waals surface area contributed by atoms with Gasteiger partial charge in [-0.1, -0.05) is 162 Å². The van der Waals surface area contributed by atoms with Crippen LogP contribution in [0.2, 0.25) is 0 Å². The van der Waals surface area contributed by atoms with Gasteiger partial charge in [-0.2, -0.15) is 0 Å². The normalized spacial score (nSPS) is 15.5. The molecule has 36 heavy (non-hydrogen) atoms. The monoisotopic (exact) mass is 505 g/mol. The van der Waals surface area contributed by atoms with Gasteiger partial charge in [0.25, 0.3) is 0 Å². The van der Waals surface area contributed by atoms with Crippen LogP contribution < -0.4 is 0 Å². The molecule has 1 aliphatic heterocycles. The zero-order chi connectivity index (χ0) is 25.9. The summed E-state index contributed by atoms with van der Waals surface area (Å²) >= 11 is 0. The van der Waals surface area contributed by atoms with Gasteiger partial charge in [0.2, 0.25) is 0 Å². The van der Waals surface area contributed by atoms with E-state index < -0.39 is 0 Å². The van der Waals surface area contributed by atoms with E-state index in [4.69, 9.17) is 0 Å². The molecule has 0 aromatic carbocycles. The van der Waals surface area contributed by atoms with E-state index in [0.717, 1.165) is 0 Å². The topological polar surface area (TPSA) is 6.48 Å². The van der Waals surface area contributed by atoms with Crippen LogP contribution >= 0.6 is 0 Å². The van der Waals surface area contributed by atoms with Crippen LogP contribution in [0.25, 0.3) is 0 Å². The minimum absolute atomic E-state index is 0.643. The summed E-state index contributed by atoms with van der Waals surface area (Å²) in [6.07, 6.45) is 42.5. The van der Waals surface area contributed by atoms with Crippen LogP contribution in [0.5, 0.6) is 0 Å². The lowest BCUT2D eigenvalue weighted by Crippen LogP contribution is -2.39. The molecule has 1 atom stereocenters. The Morgan fingerprint density at radius 2 is 0.639 bits per heavy atom. The third-order valence-electron chi connectivity index (χ3n) is 8.32. The molecule has 0 saturated heterocycles. The fourth-order valence-electron chi connectivity index (χ4n) is 5.83. The van der Waals surface area contributed by atoms with Crippen LogP contribution in [0.15, 0.2) is 12.4 Å². The van der Waals surface area contributed by atoms with Crippen molar-refractivity contribution in [1.82, 2.24) is 9.80 Å². The molecule has 1 heterocycles. The molecule has 2 nitrogen and oxygen atoms in total. The van der Waals surface area contributed by atoms with E-state index in [1.54, 1.807) is 0 Å². The second kappa shape index (κ2) is 26.0. The standard InChI is InChI=1S/C34H68N2/c1-4-7-10-13-15-16-17-18-19-20-21-22-23-25-28-31-36-33-32-35(30-27-12-9-6-3)34(36)29-26-24-14-11-8-5-2/h32-34H,4-31H2,1-3H3. The zero-order valence-corrected chi connectivity index (χ0v) is 25.4. The van der Waals surface area contributed by atoms with E-state index >= 15 is 0 Å². The molecule has 1 unspecified atom stereocenters. The first-order valence-electron chi connectivity index (χ1n) is 17.0. The van der Waals surface area contributed by atoms with Crippen molar-refractivity contribution in [3.05, 3.63) is 12.4 Å². The molecule has 0 bridgehead atoms. The largest absolute Gasteiger partial charge is 0.356 e. The number of rotatable bonds is 28. The van der Waals surface area contributed by atoms with E-state index in [1.807, 2.05) is 0 Å². The van der Waals surface area contributed by atoms with E-state index in [1.165, 1.54) is 180 Å². The van der Waals surface area contributed by atoms with Gasteiger partial charge in [0.1, 0.15) is 6.17 Å². The third-order valence-corrected chi connectivity index (χ3v) is 8.32. The molecule has 1 aliphatic rings. The van der Waals surface area contributed by atoms with Gasteiger partial charge in [0.05, 0.1) is 0 Å². The van der Waals surface area contributed by atoms with Crippen molar-refractivity contribution in [1.29, 1.82) is 0 Å². The van der Waals surface area contributed by atoms with Crippen LogP contribution in [0.4, 0.5) is 0 Å². The molecule has 2 heteroatoms. The Labute approximate surface area is 229 Å². The van der Waals surface area contributed by atoms with Crippen LogP contribution in [0, 0.1) is 0 Å². The quantitative estimate of drug-likeness (QED) is 0.0977. The van der Waals surface area contributed by atoms with Gasteiger partial charge in [-0.15, -0.1) is 0 Å². The van der Waals surface area contributed by atoms with Gasteiger partial charge < -0.3 is 9.80 Å². The number of nitrogens with zero attached hydrogens (tertiary/aromatic N) is 2. The molecule has 0 spiro atoms. The summed E-state index contributed by atoms with van der Waals surface area (Å²) in [6.45, 7) is 9.46. The average molecular weight is 505 g/mol. The summed E-state index contributed by atoms with van der Waals surface area (Å²) in [5, 5.41) is 0. The van der Waals surface area contributed by atoms with Gasteiger partial charge in [-0.25, -0.2) is 0 Å². The van der Waals surface area contributed by atoms with Crippen molar-refractivity contribution >= 4 is 0 Å². The highest BCUT2D eigenvalue weighted by Gasteiger charge is 2.24. The predicted octanol–water partition coefficient (Wildman–Crippen LogP) is 11.6. The Hall–Kier alpha value is -0.660.